The van der Waals surface area contributed by atoms with Gasteiger partial charge in [0, 0.05) is 11.3 Å². The highest BCUT2D eigenvalue weighted by atomic mass is 16.5. The third-order valence-electron chi connectivity index (χ3n) is 5.07. The highest BCUT2D eigenvalue weighted by molar-refractivity contribution is 6.10. The maximum Gasteiger partial charge on any atom is 0.337 e. The summed E-state index contributed by atoms with van der Waals surface area (Å²) in [5.74, 6) is -0.355. The number of hydrogen-bond donors (Lipinski definition) is 1. The van der Waals surface area contributed by atoms with Crippen molar-refractivity contribution in [1.29, 1.82) is 5.26 Å². The Morgan fingerprint density at radius 2 is 1.64 bits per heavy atom. The molecule has 0 aliphatic carbocycles. The zero-order chi connectivity index (χ0) is 23.8. The van der Waals surface area contributed by atoms with Crippen LogP contribution in [0.4, 0.5) is 5.69 Å². The van der Waals surface area contributed by atoms with Gasteiger partial charge in [0.15, 0.2) is 0 Å². The van der Waals surface area contributed by atoms with E-state index in [0.717, 1.165) is 16.7 Å². The summed E-state index contributed by atoms with van der Waals surface area (Å²) in [7, 11) is 1.34. The average molecular weight is 440 g/mol. The molecule has 0 aromatic heterocycles. The Labute approximate surface area is 193 Å². The molecule has 33 heavy (non-hydrogen) atoms. The van der Waals surface area contributed by atoms with E-state index in [2.05, 4.69) is 5.32 Å². The third kappa shape index (κ3) is 5.86. The number of carbonyl (C=O) groups excluding carboxylic acids is 2. The van der Waals surface area contributed by atoms with Gasteiger partial charge in [0.1, 0.15) is 24.0 Å². The molecule has 0 aliphatic rings. The van der Waals surface area contributed by atoms with E-state index >= 15 is 0 Å². The van der Waals surface area contributed by atoms with Crippen molar-refractivity contribution in [3.05, 3.63) is 100 Å². The first-order valence-electron chi connectivity index (χ1n) is 10.3. The van der Waals surface area contributed by atoms with Gasteiger partial charge >= 0.3 is 5.97 Å². The van der Waals surface area contributed by atoms with Gasteiger partial charge in [-0.3, -0.25) is 4.79 Å². The highest BCUT2D eigenvalue weighted by Gasteiger charge is 2.14. The smallest absolute Gasteiger partial charge is 0.337 e. The van der Waals surface area contributed by atoms with Gasteiger partial charge in [0.2, 0.25) is 0 Å². The monoisotopic (exact) mass is 440 g/mol. The number of methoxy groups -OCH3 is 1. The van der Waals surface area contributed by atoms with Crippen molar-refractivity contribution < 1.29 is 19.1 Å². The molecule has 0 atom stereocenters. The number of aryl methyl sites for hydroxylation is 2. The summed E-state index contributed by atoms with van der Waals surface area (Å²) in [5, 5.41) is 12.4. The number of nitriles is 1. The van der Waals surface area contributed by atoms with E-state index in [0.29, 0.717) is 22.6 Å². The Morgan fingerprint density at radius 1 is 0.970 bits per heavy atom. The van der Waals surface area contributed by atoms with Crippen molar-refractivity contribution in [2.75, 3.05) is 12.4 Å². The van der Waals surface area contributed by atoms with E-state index < -0.39 is 11.9 Å². The Balaban J connectivity index is 1.77. The second-order valence-corrected chi connectivity index (χ2v) is 7.41. The van der Waals surface area contributed by atoms with E-state index in [4.69, 9.17) is 9.47 Å². The number of rotatable bonds is 7. The van der Waals surface area contributed by atoms with E-state index in [-0.39, 0.29) is 12.2 Å². The zero-order valence-electron chi connectivity index (χ0n) is 18.7. The minimum absolute atomic E-state index is 0.0314. The minimum atomic E-state index is -0.483. The van der Waals surface area contributed by atoms with Gasteiger partial charge in [-0.25, -0.2) is 4.79 Å². The maximum atomic E-state index is 12.8. The van der Waals surface area contributed by atoms with Crippen molar-refractivity contribution in [2.24, 2.45) is 0 Å². The first-order chi connectivity index (χ1) is 15.9. The summed E-state index contributed by atoms with van der Waals surface area (Å²) in [5.41, 5.74) is 4.43. The van der Waals surface area contributed by atoms with Gasteiger partial charge in [-0.05, 0) is 54.8 Å². The lowest BCUT2D eigenvalue weighted by atomic mass is 10.1. The second-order valence-electron chi connectivity index (χ2n) is 7.41. The van der Waals surface area contributed by atoms with Crippen LogP contribution in [0, 0.1) is 25.2 Å². The molecule has 0 aliphatic heterocycles. The van der Waals surface area contributed by atoms with Gasteiger partial charge in [-0.2, -0.15) is 5.26 Å². The summed E-state index contributed by atoms with van der Waals surface area (Å²) in [6.07, 6.45) is 1.51. The molecule has 0 saturated heterocycles. The summed E-state index contributed by atoms with van der Waals surface area (Å²) >= 11 is 0. The lowest BCUT2D eigenvalue weighted by molar-refractivity contribution is -0.112. The quantitative estimate of drug-likeness (QED) is 0.309. The topological polar surface area (TPSA) is 88.4 Å². The molecule has 3 aromatic rings. The Hall–Kier alpha value is -4.37. The fourth-order valence-corrected chi connectivity index (χ4v) is 3.24. The number of anilines is 1. The molecular weight excluding hydrogens is 416 g/mol. The number of ether oxygens (including phenoxy) is 2. The number of para-hydroxylation sites is 2. The number of benzene rings is 3. The Kier molecular flexibility index (Phi) is 7.61. The van der Waals surface area contributed by atoms with Gasteiger partial charge < -0.3 is 14.8 Å². The van der Waals surface area contributed by atoms with Crippen LogP contribution in [0.1, 0.15) is 32.6 Å². The molecule has 1 amide bonds. The molecule has 0 radical (unpaired) electrons. The summed E-state index contributed by atoms with van der Waals surface area (Å²) in [6, 6.07) is 21.8. The van der Waals surface area contributed by atoms with Crippen LogP contribution in [0.15, 0.2) is 72.3 Å². The Bertz CT molecular complexity index is 1220. The fourth-order valence-electron chi connectivity index (χ4n) is 3.24. The molecule has 0 heterocycles. The SMILES string of the molecule is COC(=O)c1ccc(COc2ccccc2/C=C(\C#N)C(=O)Nc2c(C)cccc2C)cc1. The molecule has 1 N–H and O–H groups in total. The van der Waals surface area contributed by atoms with Crippen molar-refractivity contribution in [1.82, 2.24) is 0 Å². The number of amides is 1. The van der Waals surface area contributed by atoms with Crippen LogP contribution in [0.5, 0.6) is 5.75 Å². The predicted molar refractivity (Wildman–Crippen MR) is 127 cm³/mol. The molecule has 0 unspecified atom stereocenters. The number of nitrogens with one attached hydrogen (secondary N) is 1. The minimum Gasteiger partial charge on any atom is -0.488 e. The zero-order valence-corrected chi connectivity index (χ0v) is 18.7. The van der Waals surface area contributed by atoms with E-state index in [9.17, 15) is 14.9 Å². The van der Waals surface area contributed by atoms with Crippen LogP contribution in [-0.4, -0.2) is 19.0 Å². The molecule has 0 spiro atoms. The molecule has 166 valence electrons. The maximum absolute atomic E-state index is 12.8. The first-order valence-corrected chi connectivity index (χ1v) is 10.3. The van der Waals surface area contributed by atoms with Gasteiger partial charge in [0.05, 0.1) is 12.7 Å². The van der Waals surface area contributed by atoms with Crippen LogP contribution < -0.4 is 10.1 Å². The van der Waals surface area contributed by atoms with E-state index in [1.165, 1.54) is 13.2 Å². The van der Waals surface area contributed by atoms with Crippen LogP contribution in [0.25, 0.3) is 6.08 Å². The molecule has 6 heteroatoms. The molecular formula is C27H24N2O4. The van der Waals surface area contributed by atoms with E-state index in [1.54, 1.807) is 36.4 Å². The lowest BCUT2D eigenvalue weighted by Gasteiger charge is -2.12. The summed E-state index contributed by atoms with van der Waals surface area (Å²) in [4.78, 5) is 24.3. The van der Waals surface area contributed by atoms with Gasteiger partial charge in [0.25, 0.3) is 5.91 Å². The number of nitrogens with zero attached hydrogens (tertiary/aromatic N) is 1. The average Bonchev–Trinajstić information content (AvgIpc) is 2.83. The van der Waals surface area contributed by atoms with Crippen LogP contribution in [0.2, 0.25) is 0 Å². The van der Waals surface area contributed by atoms with E-state index in [1.807, 2.05) is 50.2 Å². The molecule has 6 nitrogen and oxygen atoms in total. The predicted octanol–water partition coefficient (Wildman–Crippen LogP) is 5.21. The standard InChI is InChI=1S/C27H24N2O4/c1-18-7-6-8-19(2)25(18)29-26(30)23(16-28)15-22-9-4-5-10-24(22)33-17-20-11-13-21(14-12-20)27(31)32-3/h4-15H,17H2,1-3H3,(H,29,30)/b23-15+. The lowest BCUT2D eigenvalue weighted by Crippen LogP contribution is -2.15. The van der Waals surface area contributed by atoms with Crippen LogP contribution >= 0.6 is 0 Å². The molecule has 0 fully saturated rings. The largest absolute Gasteiger partial charge is 0.488 e. The Morgan fingerprint density at radius 3 is 2.27 bits per heavy atom. The summed E-state index contributed by atoms with van der Waals surface area (Å²) in [6.45, 7) is 4.06. The highest BCUT2D eigenvalue weighted by Crippen LogP contribution is 2.24. The van der Waals surface area contributed by atoms with Crippen LogP contribution in [0.3, 0.4) is 0 Å². The van der Waals surface area contributed by atoms with Crippen molar-refractivity contribution in [3.63, 3.8) is 0 Å². The third-order valence-corrected chi connectivity index (χ3v) is 5.07. The molecule has 0 bridgehead atoms. The number of esters is 1. The van der Waals surface area contributed by atoms with Crippen molar-refractivity contribution in [3.8, 4) is 11.8 Å². The van der Waals surface area contributed by atoms with Gasteiger partial charge in [-0.1, -0.05) is 48.5 Å². The normalized spacial score (nSPS) is 10.8. The number of hydrogen-bond acceptors (Lipinski definition) is 5. The fraction of sp³-hybridized carbons (Fsp3) is 0.148. The summed E-state index contributed by atoms with van der Waals surface area (Å²) < 4.78 is 10.6. The molecule has 3 rings (SSSR count). The second kappa shape index (κ2) is 10.8. The van der Waals surface area contributed by atoms with Crippen molar-refractivity contribution >= 4 is 23.6 Å². The molecule has 3 aromatic carbocycles. The van der Waals surface area contributed by atoms with Crippen molar-refractivity contribution in [2.45, 2.75) is 20.5 Å². The van der Waals surface area contributed by atoms with Gasteiger partial charge in [-0.15, -0.1) is 0 Å². The van der Waals surface area contributed by atoms with Crippen LogP contribution in [-0.2, 0) is 16.1 Å². The number of carbonyl (C=O) groups is 2. The first kappa shape index (κ1) is 23.3. The molecule has 0 saturated carbocycles.